The molecule has 2 aromatic rings. The SMILES string of the molecule is NC(=S)N=Nc1c(O)[nH]c2ccc(S(=O)(=O)N3CCOCC3)cc12. The van der Waals surface area contributed by atoms with E-state index in [0.717, 1.165) is 0 Å². The minimum absolute atomic E-state index is 0.0804. The van der Waals surface area contributed by atoms with Crippen molar-refractivity contribution in [1.29, 1.82) is 0 Å². The molecule has 0 amide bonds. The Morgan fingerprint density at radius 1 is 1.38 bits per heavy atom. The number of ether oxygens (including phenoxy) is 1. The Morgan fingerprint density at radius 3 is 2.75 bits per heavy atom. The normalized spacial score (nSPS) is 16.8. The van der Waals surface area contributed by atoms with E-state index < -0.39 is 10.0 Å². The fourth-order valence-corrected chi connectivity index (χ4v) is 3.92. The highest BCUT2D eigenvalue weighted by atomic mass is 32.2. The molecule has 1 aromatic heterocycles. The molecule has 1 fully saturated rings. The van der Waals surface area contributed by atoms with Crippen molar-refractivity contribution in [2.24, 2.45) is 16.0 Å². The zero-order valence-electron chi connectivity index (χ0n) is 12.5. The number of hydrogen-bond donors (Lipinski definition) is 3. The third kappa shape index (κ3) is 3.11. The second-order valence-electron chi connectivity index (χ2n) is 5.08. The van der Waals surface area contributed by atoms with Gasteiger partial charge in [0.25, 0.3) is 0 Å². The number of sulfonamides is 1. The minimum Gasteiger partial charge on any atom is -0.493 e. The molecular formula is C13H15N5O4S2. The molecular weight excluding hydrogens is 354 g/mol. The number of nitrogens with zero attached hydrogens (tertiary/aromatic N) is 3. The van der Waals surface area contributed by atoms with Gasteiger partial charge in [0.15, 0.2) is 5.69 Å². The summed E-state index contributed by atoms with van der Waals surface area (Å²) in [6, 6.07) is 4.46. The molecule has 0 aliphatic carbocycles. The number of azo groups is 1. The molecule has 128 valence electrons. The number of aromatic hydroxyl groups is 1. The molecule has 1 saturated heterocycles. The Labute approximate surface area is 143 Å². The summed E-state index contributed by atoms with van der Waals surface area (Å²) in [6.07, 6.45) is 0. The van der Waals surface area contributed by atoms with E-state index in [1.165, 1.54) is 16.4 Å². The standard InChI is InChI=1S/C13H15N5O4S2/c14-13(23)17-16-11-9-7-8(1-2-10(9)15-12(11)19)24(20,21)18-3-5-22-6-4-18/h1-2,7,15,19H,3-6H2,(H2,14,23). The van der Waals surface area contributed by atoms with Crippen LogP contribution in [0.15, 0.2) is 33.3 Å². The van der Waals surface area contributed by atoms with Gasteiger partial charge in [0, 0.05) is 18.5 Å². The van der Waals surface area contributed by atoms with Crippen molar-refractivity contribution >= 4 is 43.9 Å². The molecule has 0 unspecified atom stereocenters. The van der Waals surface area contributed by atoms with Gasteiger partial charge in [-0.1, -0.05) is 0 Å². The molecule has 1 aliphatic rings. The lowest BCUT2D eigenvalue weighted by atomic mass is 10.2. The topological polar surface area (TPSA) is 133 Å². The van der Waals surface area contributed by atoms with Gasteiger partial charge in [-0.3, -0.25) is 0 Å². The summed E-state index contributed by atoms with van der Waals surface area (Å²) < 4.78 is 32.0. The van der Waals surface area contributed by atoms with Crippen LogP contribution in [0.4, 0.5) is 5.69 Å². The van der Waals surface area contributed by atoms with Crippen molar-refractivity contribution in [2.75, 3.05) is 26.3 Å². The Bertz CT molecular complexity index is 916. The number of nitrogens with one attached hydrogen (secondary N) is 1. The molecule has 0 bridgehead atoms. The molecule has 24 heavy (non-hydrogen) atoms. The lowest BCUT2D eigenvalue weighted by Gasteiger charge is -2.26. The molecule has 1 aliphatic heterocycles. The number of hydrogen-bond acceptors (Lipinski definition) is 6. The highest BCUT2D eigenvalue weighted by Gasteiger charge is 2.27. The number of aromatic nitrogens is 1. The van der Waals surface area contributed by atoms with Crippen LogP contribution < -0.4 is 5.73 Å². The third-order valence-electron chi connectivity index (χ3n) is 3.58. The first kappa shape index (κ1) is 16.8. The molecule has 9 nitrogen and oxygen atoms in total. The predicted octanol–water partition coefficient (Wildman–Crippen LogP) is 1.22. The Morgan fingerprint density at radius 2 is 2.08 bits per heavy atom. The van der Waals surface area contributed by atoms with Crippen LogP contribution in [-0.4, -0.2) is 54.2 Å². The predicted molar refractivity (Wildman–Crippen MR) is 90.8 cm³/mol. The molecule has 0 atom stereocenters. The second kappa shape index (κ2) is 6.43. The maximum absolute atomic E-state index is 12.7. The van der Waals surface area contributed by atoms with Gasteiger partial charge in [0.2, 0.25) is 21.0 Å². The first-order chi connectivity index (χ1) is 11.4. The summed E-state index contributed by atoms with van der Waals surface area (Å²) in [6.45, 7) is 1.32. The fourth-order valence-electron chi connectivity index (χ4n) is 2.44. The van der Waals surface area contributed by atoms with Crippen LogP contribution in [0.1, 0.15) is 0 Å². The lowest BCUT2D eigenvalue weighted by molar-refractivity contribution is 0.0730. The summed E-state index contributed by atoms with van der Waals surface area (Å²) in [4.78, 5) is 2.80. The average Bonchev–Trinajstić information content (AvgIpc) is 2.88. The van der Waals surface area contributed by atoms with Gasteiger partial charge in [-0.2, -0.15) is 4.31 Å². The highest BCUT2D eigenvalue weighted by Crippen LogP contribution is 2.37. The van der Waals surface area contributed by atoms with E-state index in [0.29, 0.717) is 37.2 Å². The second-order valence-corrected chi connectivity index (χ2v) is 7.44. The molecule has 0 spiro atoms. The maximum atomic E-state index is 12.7. The number of thiocarbonyl (C=S) groups is 1. The van der Waals surface area contributed by atoms with Gasteiger partial charge >= 0.3 is 0 Å². The summed E-state index contributed by atoms with van der Waals surface area (Å²) in [5.74, 6) is -0.245. The summed E-state index contributed by atoms with van der Waals surface area (Å²) in [5, 5.41) is 17.4. The van der Waals surface area contributed by atoms with Crippen molar-refractivity contribution in [3.8, 4) is 5.88 Å². The van der Waals surface area contributed by atoms with Crippen molar-refractivity contribution in [3.05, 3.63) is 18.2 Å². The van der Waals surface area contributed by atoms with Crippen LogP contribution in [0.5, 0.6) is 5.88 Å². The third-order valence-corrected chi connectivity index (χ3v) is 5.56. The van der Waals surface area contributed by atoms with Crippen LogP contribution in [0.2, 0.25) is 0 Å². The summed E-state index contributed by atoms with van der Waals surface area (Å²) in [5.41, 5.74) is 5.86. The number of nitrogens with two attached hydrogens (primary N) is 1. The number of fused-ring (bicyclic) bond motifs is 1. The number of H-pyrrole nitrogens is 1. The molecule has 1 aromatic carbocycles. The number of benzene rings is 1. The van der Waals surface area contributed by atoms with Crippen LogP contribution in [-0.2, 0) is 14.8 Å². The van der Waals surface area contributed by atoms with Crippen LogP contribution in [0.25, 0.3) is 10.9 Å². The van der Waals surface area contributed by atoms with Crippen LogP contribution >= 0.6 is 12.2 Å². The first-order valence-electron chi connectivity index (χ1n) is 7.03. The lowest BCUT2D eigenvalue weighted by Crippen LogP contribution is -2.40. The van der Waals surface area contributed by atoms with E-state index in [1.807, 2.05) is 0 Å². The van der Waals surface area contributed by atoms with Crippen molar-refractivity contribution in [2.45, 2.75) is 4.90 Å². The average molecular weight is 369 g/mol. The zero-order valence-corrected chi connectivity index (χ0v) is 14.1. The molecule has 2 heterocycles. The molecule has 11 heteroatoms. The Balaban J connectivity index is 2.07. The van der Waals surface area contributed by atoms with E-state index in [4.69, 9.17) is 10.5 Å². The number of morpholine rings is 1. The van der Waals surface area contributed by atoms with E-state index in [1.54, 1.807) is 6.07 Å². The minimum atomic E-state index is -3.66. The van der Waals surface area contributed by atoms with E-state index in [2.05, 4.69) is 27.4 Å². The van der Waals surface area contributed by atoms with Gasteiger partial charge in [-0.15, -0.1) is 10.2 Å². The smallest absolute Gasteiger partial charge is 0.243 e. The van der Waals surface area contributed by atoms with Crippen molar-refractivity contribution in [3.63, 3.8) is 0 Å². The highest BCUT2D eigenvalue weighted by molar-refractivity contribution is 7.89. The Kier molecular flexibility index (Phi) is 4.49. The van der Waals surface area contributed by atoms with Crippen LogP contribution in [0.3, 0.4) is 0 Å². The van der Waals surface area contributed by atoms with E-state index in [9.17, 15) is 13.5 Å². The van der Waals surface area contributed by atoms with Gasteiger partial charge < -0.3 is 20.6 Å². The van der Waals surface area contributed by atoms with E-state index >= 15 is 0 Å². The monoisotopic (exact) mass is 369 g/mol. The van der Waals surface area contributed by atoms with Crippen molar-refractivity contribution < 1.29 is 18.3 Å². The largest absolute Gasteiger partial charge is 0.493 e. The number of rotatable bonds is 3. The molecule has 0 saturated carbocycles. The molecule has 4 N–H and O–H groups in total. The van der Waals surface area contributed by atoms with Gasteiger partial charge in [-0.25, -0.2) is 8.42 Å². The quantitative estimate of drug-likeness (QED) is 0.550. The summed E-state index contributed by atoms with van der Waals surface area (Å²) >= 11 is 4.62. The first-order valence-corrected chi connectivity index (χ1v) is 8.88. The maximum Gasteiger partial charge on any atom is 0.243 e. The van der Waals surface area contributed by atoms with Gasteiger partial charge in [-0.05, 0) is 30.4 Å². The fraction of sp³-hybridized carbons (Fsp3) is 0.308. The number of aromatic amines is 1. The van der Waals surface area contributed by atoms with Crippen molar-refractivity contribution in [1.82, 2.24) is 9.29 Å². The van der Waals surface area contributed by atoms with E-state index in [-0.39, 0.29) is 21.6 Å². The van der Waals surface area contributed by atoms with Gasteiger partial charge in [0.05, 0.1) is 23.6 Å². The zero-order chi connectivity index (χ0) is 17.3. The van der Waals surface area contributed by atoms with Crippen LogP contribution in [0, 0.1) is 0 Å². The summed E-state index contributed by atoms with van der Waals surface area (Å²) in [7, 11) is -3.66. The van der Waals surface area contributed by atoms with Gasteiger partial charge in [0.1, 0.15) is 0 Å². The Hall–Kier alpha value is -2.08. The molecule has 0 radical (unpaired) electrons. The molecule has 3 rings (SSSR count).